The minimum absolute atomic E-state index is 0.110. The van der Waals surface area contributed by atoms with E-state index in [1.165, 1.54) is 6.33 Å². The van der Waals surface area contributed by atoms with Crippen LogP contribution in [0.3, 0.4) is 0 Å². The number of hydrogen-bond donors (Lipinski definition) is 1. The van der Waals surface area contributed by atoms with Gasteiger partial charge in [-0.15, -0.1) is 10.2 Å². The van der Waals surface area contributed by atoms with Gasteiger partial charge in [-0.05, 0) is 86.0 Å². The molecule has 11 nitrogen and oxygen atoms in total. The molecular weight excluding hydrogens is 518 g/mol. The molecule has 0 saturated carbocycles. The SMILES string of the molecule is CCC(C)(C)NC(=O)[C@H](c1ccc(C)cc1)N(C(=O)Cn1nnc2ccccc21)c1ccc(-n2cnnn2)c(C)c1. The lowest BCUT2D eigenvalue weighted by atomic mass is 9.97. The number of amides is 2. The molecule has 0 aliphatic rings. The average Bonchev–Trinajstić information content (AvgIpc) is 3.63. The first-order valence-corrected chi connectivity index (χ1v) is 13.5. The van der Waals surface area contributed by atoms with Crippen molar-refractivity contribution >= 4 is 28.5 Å². The van der Waals surface area contributed by atoms with Gasteiger partial charge >= 0.3 is 0 Å². The minimum atomic E-state index is -0.943. The molecule has 1 atom stereocenters. The summed E-state index contributed by atoms with van der Waals surface area (Å²) >= 11 is 0. The molecule has 2 aromatic heterocycles. The van der Waals surface area contributed by atoms with Gasteiger partial charge in [0.25, 0.3) is 0 Å². The third-order valence-corrected chi connectivity index (χ3v) is 7.27. The molecule has 0 fully saturated rings. The number of hydrogen-bond acceptors (Lipinski definition) is 7. The number of carbonyl (C=O) groups excluding carboxylic acids is 2. The summed E-state index contributed by atoms with van der Waals surface area (Å²) in [6.45, 7) is 9.74. The van der Waals surface area contributed by atoms with E-state index >= 15 is 0 Å². The molecule has 1 N–H and O–H groups in total. The number of aryl methyl sites for hydroxylation is 2. The van der Waals surface area contributed by atoms with Crippen LogP contribution in [-0.4, -0.2) is 52.6 Å². The van der Waals surface area contributed by atoms with Crippen LogP contribution >= 0.6 is 0 Å². The monoisotopic (exact) mass is 551 g/mol. The Kier molecular flexibility index (Phi) is 7.60. The Labute approximate surface area is 238 Å². The molecule has 11 heteroatoms. The van der Waals surface area contributed by atoms with Crippen LogP contribution in [0, 0.1) is 13.8 Å². The molecule has 0 saturated heterocycles. The van der Waals surface area contributed by atoms with E-state index in [9.17, 15) is 9.59 Å². The predicted octanol–water partition coefficient (Wildman–Crippen LogP) is 4.10. The summed E-state index contributed by atoms with van der Waals surface area (Å²) < 4.78 is 3.12. The standard InChI is InChI=1S/C30H33N9O2/c1-6-30(4,5)32-29(41)28(22-13-11-20(2)12-14-22)39(23-15-16-25(21(3)17-23)38-19-31-34-36-38)27(40)18-37-26-10-8-7-9-24(26)33-35-37/h7-17,19,28H,6,18H2,1-5H3,(H,32,41)/t28-/m0/s1. The molecule has 3 aromatic carbocycles. The highest BCUT2D eigenvalue weighted by molar-refractivity contribution is 6.02. The van der Waals surface area contributed by atoms with Crippen LogP contribution in [0.2, 0.25) is 0 Å². The first kappa shape index (κ1) is 27.6. The second kappa shape index (κ2) is 11.3. The molecule has 0 radical (unpaired) electrons. The highest BCUT2D eigenvalue weighted by Crippen LogP contribution is 2.32. The van der Waals surface area contributed by atoms with Crippen molar-refractivity contribution < 1.29 is 9.59 Å². The van der Waals surface area contributed by atoms with Crippen LogP contribution in [0.15, 0.2) is 73.1 Å². The normalized spacial score (nSPS) is 12.3. The Morgan fingerprint density at radius 1 is 1.00 bits per heavy atom. The molecule has 2 heterocycles. The number of anilines is 1. The second-order valence-corrected chi connectivity index (χ2v) is 10.8. The number of nitrogens with zero attached hydrogens (tertiary/aromatic N) is 8. The average molecular weight is 552 g/mol. The lowest BCUT2D eigenvalue weighted by Gasteiger charge is -2.35. The summed E-state index contributed by atoms with van der Waals surface area (Å²) in [4.78, 5) is 30.0. The first-order valence-electron chi connectivity index (χ1n) is 13.5. The molecule has 5 aromatic rings. The fourth-order valence-corrected chi connectivity index (χ4v) is 4.65. The van der Waals surface area contributed by atoms with Crippen molar-refractivity contribution in [2.45, 2.75) is 59.2 Å². The predicted molar refractivity (Wildman–Crippen MR) is 155 cm³/mol. The molecule has 210 valence electrons. The van der Waals surface area contributed by atoms with E-state index in [1.54, 1.807) is 20.3 Å². The Hall–Kier alpha value is -4.93. The van der Waals surface area contributed by atoms with Gasteiger partial charge in [-0.2, -0.15) is 0 Å². The van der Waals surface area contributed by atoms with Gasteiger partial charge in [-0.1, -0.05) is 54.1 Å². The van der Waals surface area contributed by atoms with Crippen molar-refractivity contribution in [1.29, 1.82) is 0 Å². The van der Waals surface area contributed by atoms with Gasteiger partial charge in [0.15, 0.2) is 0 Å². The number of nitrogens with one attached hydrogen (secondary N) is 1. The van der Waals surface area contributed by atoms with Crippen molar-refractivity contribution in [1.82, 2.24) is 40.5 Å². The van der Waals surface area contributed by atoms with Crippen molar-refractivity contribution in [2.75, 3.05) is 4.90 Å². The maximum Gasteiger partial charge on any atom is 0.249 e. The lowest BCUT2D eigenvalue weighted by molar-refractivity contribution is -0.128. The first-order chi connectivity index (χ1) is 19.7. The van der Waals surface area contributed by atoms with Crippen molar-refractivity contribution in [3.63, 3.8) is 0 Å². The van der Waals surface area contributed by atoms with Crippen LogP contribution in [0.1, 0.15) is 49.9 Å². The van der Waals surface area contributed by atoms with Gasteiger partial charge in [-0.25, -0.2) is 9.36 Å². The molecule has 0 aliphatic carbocycles. The highest BCUT2D eigenvalue weighted by Gasteiger charge is 2.35. The summed E-state index contributed by atoms with van der Waals surface area (Å²) in [6, 6.07) is 19.7. The topological polar surface area (TPSA) is 124 Å². The molecule has 0 spiro atoms. The molecule has 0 aliphatic heterocycles. The van der Waals surface area contributed by atoms with Gasteiger partial charge in [0.05, 0.1) is 11.2 Å². The van der Waals surface area contributed by atoms with Gasteiger partial charge in [-0.3, -0.25) is 14.5 Å². The van der Waals surface area contributed by atoms with E-state index in [-0.39, 0.29) is 18.4 Å². The second-order valence-electron chi connectivity index (χ2n) is 10.8. The zero-order valence-electron chi connectivity index (χ0n) is 23.8. The summed E-state index contributed by atoms with van der Waals surface area (Å²) in [7, 11) is 0. The number of para-hydroxylation sites is 1. The van der Waals surface area contributed by atoms with Gasteiger partial charge in [0.2, 0.25) is 11.8 Å². The molecule has 41 heavy (non-hydrogen) atoms. The van der Waals surface area contributed by atoms with Crippen molar-refractivity contribution in [3.8, 4) is 5.69 Å². The Bertz CT molecular complexity index is 1670. The third kappa shape index (κ3) is 5.84. The van der Waals surface area contributed by atoms with E-state index in [2.05, 4.69) is 31.2 Å². The van der Waals surface area contributed by atoms with E-state index in [4.69, 9.17) is 0 Å². The van der Waals surface area contributed by atoms with Gasteiger partial charge < -0.3 is 5.32 Å². The number of rotatable bonds is 9. The number of fused-ring (bicyclic) bond motifs is 1. The van der Waals surface area contributed by atoms with Crippen molar-refractivity contribution in [2.24, 2.45) is 0 Å². The summed E-state index contributed by atoms with van der Waals surface area (Å²) in [5.74, 6) is -0.593. The van der Waals surface area contributed by atoms with Crippen LogP contribution in [0.4, 0.5) is 5.69 Å². The summed E-state index contributed by atoms with van der Waals surface area (Å²) in [6.07, 6.45) is 2.23. The fourth-order valence-electron chi connectivity index (χ4n) is 4.65. The maximum atomic E-state index is 14.3. The molecule has 5 rings (SSSR count). The Morgan fingerprint density at radius 3 is 2.44 bits per heavy atom. The maximum absolute atomic E-state index is 14.3. The number of tetrazole rings is 1. The zero-order valence-corrected chi connectivity index (χ0v) is 23.8. The third-order valence-electron chi connectivity index (χ3n) is 7.27. The van der Waals surface area contributed by atoms with E-state index in [0.29, 0.717) is 16.8 Å². The zero-order chi connectivity index (χ0) is 29.1. The van der Waals surface area contributed by atoms with E-state index in [1.807, 2.05) is 95.3 Å². The molecule has 0 bridgehead atoms. The van der Waals surface area contributed by atoms with Gasteiger partial charge in [0.1, 0.15) is 24.4 Å². The Balaban J connectivity index is 1.63. The Morgan fingerprint density at radius 2 is 1.76 bits per heavy atom. The van der Waals surface area contributed by atoms with Crippen LogP contribution < -0.4 is 10.2 Å². The highest BCUT2D eigenvalue weighted by atomic mass is 16.2. The minimum Gasteiger partial charge on any atom is -0.349 e. The number of aromatic nitrogens is 7. The van der Waals surface area contributed by atoms with Crippen molar-refractivity contribution in [3.05, 3.63) is 89.7 Å². The summed E-state index contributed by atoms with van der Waals surface area (Å²) in [5.41, 5.74) is 4.84. The fraction of sp³-hybridized carbons (Fsp3) is 0.300. The van der Waals surface area contributed by atoms with Crippen LogP contribution in [-0.2, 0) is 16.1 Å². The number of carbonyl (C=O) groups is 2. The van der Waals surface area contributed by atoms with Crippen LogP contribution in [0.5, 0.6) is 0 Å². The molecular formula is C30H33N9O2. The molecule has 2 amide bonds. The molecule has 0 unspecified atom stereocenters. The van der Waals surface area contributed by atoms with E-state index in [0.717, 1.165) is 28.8 Å². The van der Waals surface area contributed by atoms with Gasteiger partial charge in [0, 0.05) is 11.2 Å². The van der Waals surface area contributed by atoms with E-state index < -0.39 is 11.6 Å². The number of benzene rings is 3. The van der Waals surface area contributed by atoms with Crippen LogP contribution in [0.25, 0.3) is 16.7 Å². The largest absolute Gasteiger partial charge is 0.349 e. The smallest absolute Gasteiger partial charge is 0.249 e. The lowest BCUT2D eigenvalue weighted by Crippen LogP contribution is -2.51. The summed E-state index contributed by atoms with van der Waals surface area (Å²) in [5, 5.41) is 23.1. The quantitative estimate of drug-likeness (QED) is 0.292.